The molecule has 1 heterocycles. The van der Waals surface area contributed by atoms with Gasteiger partial charge in [0, 0.05) is 36.4 Å². The number of nitriles is 1. The molecular weight excluding hydrogens is 372 g/mol. The fourth-order valence-electron chi connectivity index (χ4n) is 2.63. The Hall–Kier alpha value is -2.83. The molecule has 8 nitrogen and oxygen atoms in total. The van der Waals surface area contributed by atoms with E-state index in [1.807, 2.05) is 49.5 Å². The van der Waals surface area contributed by atoms with Crippen molar-refractivity contribution in [2.45, 2.75) is 13.0 Å². The second-order valence-corrected chi connectivity index (χ2v) is 6.18. The van der Waals surface area contributed by atoms with Gasteiger partial charge in [0.25, 0.3) is 5.91 Å². The summed E-state index contributed by atoms with van der Waals surface area (Å²) in [7, 11) is 1.85. The predicted octanol–water partition coefficient (Wildman–Crippen LogP) is 3.14. The first-order chi connectivity index (χ1) is 13.0. The molecule has 3 rings (SSSR count). The highest BCUT2D eigenvalue weighted by atomic mass is 35.5. The third kappa shape index (κ3) is 5.57. The Morgan fingerprint density at radius 3 is 2.63 bits per heavy atom. The van der Waals surface area contributed by atoms with Crippen LogP contribution in [-0.2, 0) is 18.0 Å². The zero-order valence-electron chi connectivity index (χ0n) is 14.6. The minimum Gasteiger partial charge on any atom is -0.381 e. The molecule has 1 aliphatic rings. The summed E-state index contributed by atoms with van der Waals surface area (Å²) in [4.78, 5) is 16.9. The number of anilines is 1. The topological polar surface area (TPSA) is 109 Å². The second kappa shape index (κ2) is 9.75. The first-order valence-electron chi connectivity index (χ1n) is 8.02. The van der Waals surface area contributed by atoms with Gasteiger partial charge in [0.05, 0.1) is 0 Å². The van der Waals surface area contributed by atoms with Crippen molar-refractivity contribution in [3.8, 4) is 6.19 Å². The van der Waals surface area contributed by atoms with Gasteiger partial charge < -0.3 is 10.2 Å². The van der Waals surface area contributed by atoms with Gasteiger partial charge in [0.1, 0.15) is 0 Å². The smallest absolute Gasteiger partial charge is 0.253 e. The van der Waals surface area contributed by atoms with Crippen molar-refractivity contribution in [3.63, 3.8) is 0 Å². The van der Waals surface area contributed by atoms with E-state index in [2.05, 4.69) is 10.3 Å². The third-order valence-corrected chi connectivity index (χ3v) is 4.26. The average Bonchev–Trinajstić information content (AvgIpc) is 2.70. The maximum atomic E-state index is 12.2. The van der Waals surface area contributed by atoms with Crippen molar-refractivity contribution in [2.24, 2.45) is 0 Å². The maximum Gasteiger partial charge on any atom is 0.253 e. The first-order valence-corrected chi connectivity index (χ1v) is 8.40. The Kier molecular flexibility index (Phi) is 7.40. The third-order valence-electron chi connectivity index (χ3n) is 4.01. The minimum atomic E-state index is -0.389. The van der Waals surface area contributed by atoms with Crippen LogP contribution in [0, 0.1) is 11.5 Å². The van der Waals surface area contributed by atoms with E-state index in [-0.39, 0.29) is 11.1 Å². The molecule has 0 atom stereocenters. The summed E-state index contributed by atoms with van der Waals surface area (Å²) in [5.74, 6) is 0.103. The van der Waals surface area contributed by atoms with Crippen LogP contribution in [0.5, 0.6) is 0 Å². The lowest BCUT2D eigenvalue weighted by Gasteiger charge is -2.26. The molecule has 0 saturated carbocycles. The van der Waals surface area contributed by atoms with E-state index in [0.29, 0.717) is 0 Å². The molecule has 142 valence electrons. The number of nitrogens with zero attached hydrogens (tertiary/aromatic N) is 3. The van der Waals surface area contributed by atoms with E-state index in [1.54, 1.807) is 4.90 Å². The molecule has 9 heteroatoms. The Morgan fingerprint density at radius 2 is 2.04 bits per heavy atom. The van der Waals surface area contributed by atoms with Crippen LogP contribution in [0.4, 0.5) is 5.69 Å². The van der Waals surface area contributed by atoms with E-state index in [9.17, 15) is 4.79 Å². The van der Waals surface area contributed by atoms with Crippen molar-refractivity contribution in [3.05, 3.63) is 64.2 Å². The number of carbonyl (C=O) groups excluding carboxylic acids is 1. The lowest BCUT2D eigenvalue weighted by Crippen LogP contribution is -2.34. The van der Waals surface area contributed by atoms with Crippen LogP contribution < -0.4 is 5.32 Å². The number of benzene rings is 2. The van der Waals surface area contributed by atoms with E-state index in [0.717, 1.165) is 53.1 Å². The van der Waals surface area contributed by atoms with Crippen molar-refractivity contribution >= 4 is 23.2 Å². The molecule has 0 unspecified atom stereocenters. The number of hydrogen-bond donors (Lipinski definition) is 3. The molecule has 1 amide bonds. The number of likely N-dealkylation sites (N-methyl/N-ethyl adjacent to an activating group) is 1. The van der Waals surface area contributed by atoms with Crippen LogP contribution in [0.15, 0.2) is 42.5 Å². The molecule has 27 heavy (non-hydrogen) atoms. The summed E-state index contributed by atoms with van der Waals surface area (Å²) in [6.45, 7) is 1.49. The van der Waals surface area contributed by atoms with Gasteiger partial charge in [-0.15, -0.1) is 0 Å². The van der Waals surface area contributed by atoms with Crippen molar-refractivity contribution < 1.29 is 20.2 Å². The summed E-state index contributed by atoms with van der Waals surface area (Å²) in [6.07, 6.45) is 1.92. The molecular formula is C18H19ClN4O4. The second-order valence-electron chi connectivity index (χ2n) is 5.74. The Morgan fingerprint density at radius 1 is 1.33 bits per heavy atom. The Bertz CT molecular complexity index is 823. The van der Waals surface area contributed by atoms with E-state index >= 15 is 0 Å². The largest absolute Gasteiger partial charge is 0.381 e. The molecule has 0 saturated heterocycles. The van der Waals surface area contributed by atoms with Crippen LogP contribution in [0.1, 0.15) is 21.5 Å². The zero-order valence-corrected chi connectivity index (χ0v) is 15.3. The van der Waals surface area contributed by atoms with Gasteiger partial charge in [-0.3, -0.25) is 10.0 Å². The minimum absolute atomic E-state index is 0.103. The molecule has 2 aromatic carbocycles. The SMILES string of the molecule is CN1CCc2c(NCc3ccc(Cl)cc3)cccc2C1=O.N#CN(O)OO. The van der Waals surface area contributed by atoms with Crippen molar-refractivity contribution in [2.75, 3.05) is 18.9 Å². The fourth-order valence-corrected chi connectivity index (χ4v) is 2.75. The van der Waals surface area contributed by atoms with Crippen LogP contribution >= 0.6 is 11.6 Å². The summed E-state index contributed by atoms with van der Waals surface area (Å²) in [5.41, 5.74) is 4.14. The number of hydrogen-bond acceptors (Lipinski definition) is 7. The van der Waals surface area contributed by atoms with Gasteiger partial charge >= 0.3 is 0 Å². The monoisotopic (exact) mass is 390 g/mol. The molecule has 0 radical (unpaired) electrons. The number of carbonyl (C=O) groups is 1. The fraction of sp³-hybridized carbons (Fsp3) is 0.222. The van der Waals surface area contributed by atoms with Crippen LogP contribution in [0.3, 0.4) is 0 Å². The van der Waals surface area contributed by atoms with Gasteiger partial charge in [-0.25, -0.2) is 5.26 Å². The van der Waals surface area contributed by atoms with Crippen molar-refractivity contribution in [1.82, 2.24) is 10.1 Å². The number of amides is 1. The standard InChI is InChI=1S/C17H17ClN2O.CH2N2O3/c1-20-10-9-14-15(17(20)21)3-2-4-16(14)19-11-12-5-7-13(18)8-6-12;2-1-3(4)6-5/h2-8,19H,9-11H2,1H3;4-5H. The molecule has 0 fully saturated rings. The van der Waals surface area contributed by atoms with Gasteiger partial charge in [-0.05, 0) is 47.0 Å². The molecule has 2 aromatic rings. The Labute approximate surface area is 161 Å². The number of rotatable bonds is 4. The van der Waals surface area contributed by atoms with Gasteiger partial charge in [0.2, 0.25) is 6.19 Å². The highest BCUT2D eigenvalue weighted by Gasteiger charge is 2.23. The lowest BCUT2D eigenvalue weighted by atomic mass is 9.97. The van der Waals surface area contributed by atoms with Crippen LogP contribution in [0.25, 0.3) is 0 Å². The zero-order chi connectivity index (χ0) is 19.8. The van der Waals surface area contributed by atoms with E-state index < -0.39 is 0 Å². The molecule has 0 spiro atoms. The molecule has 0 bridgehead atoms. The van der Waals surface area contributed by atoms with Gasteiger partial charge in [-0.1, -0.05) is 34.8 Å². The quantitative estimate of drug-likeness (QED) is 0.318. The summed E-state index contributed by atoms with van der Waals surface area (Å²) in [5, 5.41) is 26.2. The molecule has 0 aromatic heterocycles. The number of nitrogens with one attached hydrogen (secondary N) is 1. The van der Waals surface area contributed by atoms with Gasteiger partial charge in [-0.2, -0.15) is 5.26 Å². The molecule has 1 aliphatic heterocycles. The van der Waals surface area contributed by atoms with E-state index in [1.165, 1.54) is 0 Å². The summed E-state index contributed by atoms with van der Waals surface area (Å²) < 4.78 is 0. The van der Waals surface area contributed by atoms with Crippen molar-refractivity contribution in [1.29, 1.82) is 5.26 Å². The molecule has 3 N–H and O–H groups in total. The predicted molar refractivity (Wildman–Crippen MR) is 98.8 cm³/mol. The average molecular weight is 391 g/mol. The molecule has 0 aliphatic carbocycles. The van der Waals surface area contributed by atoms with E-state index in [4.69, 9.17) is 27.3 Å². The van der Waals surface area contributed by atoms with Crippen LogP contribution in [0.2, 0.25) is 5.02 Å². The highest BCUT2D eigenvalue weighted by molar-refractivity contribution is 6.30. The maximum absolute atomic E-state index is 12.2. The summed E-state index contributed by atoms with van der Waals surface area (Å²) >= 11 is 5.89. The Balaban J connectivity index is 0.000000380. The number of fused-ring (bicyclic) bond motifs is 1. The van der Waals surface area contributed by atoms with Gasteiger partial charge in [0.15, 0.2) is 0 Å². The van der Waals surface area contributed by atoms with Crippen LogP contribution in [-0.4, -0.2) is 40.1 Å². The number of halogens is 1. The number of hydroxylamine groups is 2. The summed E-state index contributed by atoms with van der Waals surface area (Å²) in [6, 6.07) is 13.6. The normalized spacial score (nSPS) is 12.4. The first kappa shape index (κ1) is 20.5. The highest BCUT2D eigenvalue weighted by Crippen LogP contribution is 2.26. The lowest BCUT2D eigenvalue weighted by molar-refractivity contribution is -0.465.